The Morgan fingerprint density at radius 2 is 2.11 bits per heavy atom. The van der Waals surface area contributed by atoms with Crippen LogP contribution in [0, 0.1) is 12.8 Å². The van der Waals surface area contributed by atoms with Crippen molar-refractivity contribution >= 4 is 5.91 Å². The molecule has 4 heteroatoms. The first-order valence-corrected chi connectivity index (χ1v) is 6.30. The van der Waals surface area contributed by atoms with Crippen LogP contribution in [0.1, 0.15) is 32.0 Å². The second kappa shape index (κ2) is 7.11. The minimum absolute atomic E-state index is 0.0868. The maximum atomic E-state index is 11.7. The second-order valence-electron chi connectivity index (χ2n) is 4.90. The smallest absolute Gasteiger partial charge is 0.249 e. The lowest BCUT2D eigenvalue weighted by Crippen LogP contribution is -2.34. The van der Waals surface area contributed by atoms with Gasteiger partial charge in [0.1, 0.15) is 6.10 Å². The largest absolute Gasteiger partial charge is 0.368 e. The number of aromatic nitrogens is 1. The Balaban J connectivity index is 2.34. The molecule has 100 valence electrons. The molecule has 1 atom stereocenters. The lowest BCUT2D eigenvalue weighted by molar-refractivity contribution is -0.132. The SMILES string of the molecule is Cc1ccc(CNC(=O)[C@H](C)OCC(C)C)cn1. The van der Waals surface area contributed by atoms with E-state index >= 15 is 0 Å². The lowest BCUT2D eigenvalue weighted by atomic mass is 10.2. The zero-order chi connectivity index (χ0) is 13.5. The summed E-state index contributed by atoms with van der Waals surface area (Å²) < 4.78 is 5.45. The highest BCUT2D eigenvalue weighted by atomic mass is 16.5. The zero-order valence-corrected chi connectivity index (χ0v) is 11.6. The predicted octanol–water partition coefficient (Wildman–Crippen LogP) is 2.07. The number of carbonyl (C=O) groups is 1. The number of ether oxygens (including phenoxy) is 1. The fourth-order valence-electron chi connectivity index (χ4n) is 1.35. The number of nitrogens with one attached hydrogen (secondary N) is 1. The van der Waals surface area contributed by atoms with Crippen molar-refractivity contribution in [2.24, 2.45) is 5.92 Å². The average molecular weight is 250 g/mol. The number of amides is 1. The van der Waals surface area contributed by atoms with Crippen LogP contribution in [0.2, 0.25) is 0 Å². The standard InChI is InChI=1S/C14H22N2O2/c1-10(2)9-18-12(4)14(17)16-8-13-6-5-11(3)15-7-13/h5-7,10,12H,8-9H2,1-4H3,(H,16,17)/t12-/m0/s1. The molecular weight excluding hydrogens is 228 g/mol. The van der Waals surface area contributed by atoms with Gasteiger partial charge in [-0.3, -0.25) is 9.78 Å². The van der Waals surface area contributed by atoms with Crippen LogP contribution in [0.3, 0.4) is 0 Å². The van der Waals surface area contributed by atoms with Crippen molar-refractivity contribution < 1.29 is 9.53 Å². The normalized spacial score (nSPS) is 12.5. The van der Waals surface area contributed by atoms with E-state index in [1.807, 2.05) is 19.1 Å². The Bertz CT molecular complexity index is 374. The summed E-state index contributed by atoms with van der Waals surface area (Å²) in [5.41, 5.74) is 1.96. The molecule has 0 saturated carbocycles. The zero-order valence-electron chi connectivity index (χ0n) is 11.6. The summed E-state index contributed by atoms with van der Waals surface area (Å²) in [7, 11) is 0. The summed E-state index contributed by atoms with van der Waals surface area (Å²) in [4.78, 5) is 15.9. The molecule has 1 aromatic heterocycles. The molecule has 0 radical (unpaired) electrons. The van der Waals surface area contributed by atoms with Crippen molar-refractivity contribution in [3.8, 4) is 0 Å². The van der Waals surface area contributed by atoms with Crippen molar-refractivity contribution in [1.29, 1.82) is 0 Å². The maximum absolute atomic E-state index is 11.7. The number of nitrogens with zero attached hydrogens (tertiary/aromatic N) is 1. The van der Waals surface area contributed by atoms with Crippen LogP contribution in [0.25, 0.3) is 0 Å². The predicted molar refractivity (Wildman–Crippen MR) is 71.1 cm³/mol. The molecule has 1 aromatic rings. The molecule has 0 bridgehead atoms. The number of aryl methyl sites for hydroxylation is 1. The van der Waals surface area contributed by atoms with E-state index < -0.39 is 6.10 Å². The molecule has 18 heavy (non-hydrogen) atoms. The highest BCUT2D eigenvalue weighted by Gasteiger charge is 2.13. The number of carbonyl (C=O) groups excluding carboxylic acids is 1. The third-order valence-electron chi connectivity index (χ3n) is 2.49. The minimum atomic E-state index is -0.411. The van der Waals surface area contributed by atoms with Crippen LogP contribution < -0.4 is 5.32 Å². The van der Waals surface area contributed by atoms with Gasteiger partial charge in [-0.1, -0.05) is 19.9 Å². The molecule has 0 spiro atoms. The van der Waals surface area contributed by atoms with Crippen LogP contribution in [0.5, 0.6) is 0 Å². The number of hydrogen-bond acceptors (Lipinski definition) is 3. The second-order valence-corrected chi connectivity index (χ2v) is 4.90. The third kappa shape index (κ3) is 5.27. The van der Waals surface area contributed by atoms with Crippen LogP contribution >= 0.6 is 0 Å². The molecule has 0 aliphatic heterocycles. The van der Waals surface area contributed by atoms with Gasteiger partial charge in [-0.05, 0) is 31.4 Å². The average Bonchev–Trinajstić information content (AvgIpc) is 2.34. The molecule has 0 unspecified atom stereocenters. The van der Waals surface area contributed by atoms with Gasteiger partial charge >= 0.3 is 0 Å². The van der Waals surface area contributed by atoms with E-state index in [1.165, 1.54) is 0 Å². The van der Waals surface area contributed by atoms with Crippen LogP contribution in [-0.2, 0) is 16.1 Å². The van der Waals surface area contributed by atoms with Crippen molar-refractivity contribution in [2.45, 2.75) is 40.3 Å². The van der Waals surface area contributed by atoms with E-state index in [4.69, 9.17) is 4.74 Å². The summed E-state index contributed by atoms with van der Waals surface area (Å²) in [6.07, 6.45) is 1.36. The van der Waals surface area contributed by atoms with E-state index in [1.54, 1.807) is 13.1 Å². The molecule has 0 aromatic carbocycles. The van der Waals surface area contributed by atoms with Crippen LogP contribution in [-0.4, -0.2) is 23.6 Å². The van der Waals surface area contributed by atoms with Gasteiger partial charge in [0.05, 0.1) is 0 Å². The highest BCUT2D eigenvalue weighted by Crippen LogP contribution is 2.01. The van der Waals surface area contributed by atoms with Gasteiger partial charge in [0.15, 0.2) is 0 Å². The van der Waals surface area contributed by atoms with Crippen molar-refractivity contribution in [3.63, 3.8) is 0 Å². The molecular formula is C14H22N2O2. The van der Waals surface area contributed by atoms with E-state index in [0.29, 0.717) is 19.1 Å². The van der Waals surface area contributed by atoms with Gasteiger partial charge < -0.3 is 10.1 Å². The van der Waals surface area contributed by atoms with Gasteiger partial charge in [0.25, 0.3) is 0 Å². The summed E-state index contributed by atoms with van der Waals surface area (Å²) in [6.45, 7) is 8.91. The van der Waals surface area contributed by atoms with E-state index in [-0.39, 0.29) is 5.91 Å². The quantitative estimate of drug-likeness (QED) is 0.841. The molecule has 1 amide bonds. The Morgan fingerprint density at radius 3 is 2.67 bits per heavy atom. The summed E-state index contributed by atoms with van der Waals surface area (Å²) in [5, 5.41) is 2.84. The molecule has 0 fully saturated rings. The Hall–Kier alpha value is -1.42. The van der Waals surface area contributed by atoms with Gasteiger partial charge in [-0.25, -0.2) is 0 Å². The van der Waals surface area contributed by atoms with E-state index in [0.717, 1.165) is 11.3 Å². The van der Waals surface area contributed by atoms with Gasteiger partial charge in [0.2, 0.25) is 5.91 Å². The fraction of sp³-hybridized carbons (Fsp3) is 0.571. The fourth-order valence-corrected chi connectivity index (χ4v) is 1.35. The summed E-state index contributed by atoms with van der Waals surface area (Å²) in [5.74, 6) is 0.345. The monoisotopic (exact) mass is 250 g/mol. The molecule has 0 aliphatic carbocycles. The molecule has 0 aliphatic rings. The summed E-state index contributed by atoms with van der Waals surface area (Å²) in [6, 6.07) is 3.89. The van der Waals surface area contributed by atoms with Crippen LogP contribution in [0.15, 0.2) is 18.3 Å². The number of hydrogen-bond donors (Lipinski definition) is 1. The molecule has 1 rings (SSSR count). The third-order valence-corrected chi connectivity index (χ3v) is 2.49. The molecule has 0 saturated heterocycles. The van der Waals surface area contributed by atoms with Gasteiger partial charge in [0, 0.05) is 25.0 Å². The minimum Gasteiger partial charge on any atom is -0.368 e. The first-order valence-electron chi connectivity index (χ1n) is 6.30. The molecule has 4 nitrogen and oxygen atoms in total. The van der Waals surface area contributed by atoms with Crippen molar-refractivity contribution in [2.75, 3.05) is 6.61 Å². The van der Waals surface area contributed by atoms with E-state index in [9.17, 15) is 4.79 Å². The molecule has 1 N–H and O–H groups in total. The van der Waals surface area contributed by atoms with Gasteiger partial charge in [-0.2, -0.15) is 0 Å². The summed E-state index contributed by atoms with van der Waals surface area (Å²) >= 11 is 0. The topological polar surface area (TPSA) is 51.2 Å². The first kappa shape index (κ1) is 14.6. The lowest BCUT2D eigenvalue weighted by Gasteiger charge is -2.14. The van der Waals surface area contributed by atoms with Gasteiger partial charge in [-0.15, -0.1) is 0 Å². The maximum Gasteiger partial charge on any atom is 0.249 e. The first-order chi connectivity index (χ1) is 8.49. The Labute approximate surface area is 109 Å². The van der Waals surface area contributed by atoms with Crippen LogP contribution in [0.4, 0.5) is 0 Å². The molecule has 1 heterocycles. The Morgan fingerprint density at radius 1 is 1.39 bits per heavy atom. The number of pyridine rings is 1. The highest BCUT2D eigenvalue weighted by molar-refractivity contribution is 5.80. The van der Waals surface area contributed by atoms with Crippen molar-refractivity contribution in [1.82, 2.24) is 10.3 Å². The van der Waals surface area contributed by atoms with Crippen molar-refractivity contribution in [3.05, 3.63) is 29.6 Å². The Kier molecular flexibility index (Phi) is 5.78. The number of rotatable bonds is 6. The van der Waals surface area contributed by atoms with E-state index in [2.05, 4.69) is 24.1 Å².